The second-order valence-corrected chi connectivity index (χ2v) is 6.94. The number of hydrogen-bond donors (Lipinski definition) is 2. The maximum atomic E-state index is 11.0. The van der Waals surface area contributed by atoms with E-state index in [1.54, 1.807) is 46.6 Å². The first-order chi connectivity index (χ1) is 14.1. The molecule has 3 rings (SSSR count). The molecule has 0 aliphatic carbocycles. The van der Waals surface area contributed by atoms with Crippen LogP contribution < -0.4 is 18.9 Å². The number of benzene rings is 2. The van der Waals surface area contributed by atoms with Crippen molar-refractivity contribution in [2.24, 2.45) is 11.8 Å². The highest BCUT2D eigenvalue weighted by molar-refractivity contribution is 5.45. The lowest BCUT2D eigenvalue weighted by Crippen LogP contribution is -2.25. The number of hydrogen-bond acceptors (Lipinski definition) is 7. The summed E-state index contributed by atoms with van der Waals surface area (Å²) in [4.78, 5) is 0. The van der Waals surface area contributed by atoms with Crippen molar-refractivity contribution in [2.75, 3.05) is 41.7 Å². The Hall–Kier alpha value is -2.48. The summed E-state index contributed by atoms with van der Waals surface area (Å²) in [5.41, 5.74) is 1.55. The van der Waals surface area contributed by atoms with E-state index in [0.717, 1.165) is 5.56 Å². The molecule has 4 atom stereocenters. The third-order valence-electron chi connectivity index (χ3n) is 5.51. The van der Waals surface area contributed by atoms with E-state index in [-0.39, 0.29) is 24.5 Å². The normalized spacial score (nSPS) is 22.2. The van der Waals surface area contributed by atoms with Crippen LogP contribution in [0.4, 0.5) is 0 Å². The van der Waals surface area contributed by atoms with Gasteiger partial charge in [-0.1, -0.05) is 12.1 Å². The summed E-state index contributed by atoms with van der Waals surface area (Å²) < 4.78 is 27.3. The van der Waals surface area contributed by atoms with Crippen LogP contribution in [0.25, 0.3) is 0 Å². The topological polar surface area (TPSA) is 86.6 Å². The molecule has 0 radical (unpaired) electrons. The lowest BCUT2D eigenvalue weighted by molar-refractivity contribution is 0.0632. The van der Waals surface area contributed by atoms with Crippen molar-refractivity contribution in [3.8, 4) is 23.0 Å². The van der Waals surface area contributed by atoms with E-state index in [4.69, 9.17) is 23.7 Å². The number of aliphatic hydroxyl groups excluding tert-OH is 2. The number of aliphatic hydroxyl groups is 2. The van der Waals surface area contributed by atoms with Gasteiger partial charge in [0.2, 0.25) is 0 Å². The van der Waals surface area contributed by atoms with E-state index >= 15 is 0 Å². The highest BCUT2D eigenvalue weighted by Crippen LogP contribution is 2.46. The molecule has 1 saturated heterocycles. The van der Waals surface area contributed by atoms with Gasteiger partial charge in [-0.2, -0.15) is 0 Å². The predicted molar refractivity (Wildman–Crippen MR) is 107 cm³/mol. The fraction of sp³-hybridized carbons (Fsp3) is 0.455. The summed E-state index contributed by atoms with van der Waals surface area (Å²) in [6.07, 6.45) is -1.18. The second kappa shape index (κ2) is 9.35. The molecule has 7 heteroatoms. The van der Waals surface area contributed by atoms with Crippen LogP contribution in [-0.2, 0) is 4.74 Å². The van der Waals surface area contributed by atoms with Crippen molar-refractivity contribution < 1.29 is 33.9 Å². The lowest BCUT2D eigenvalue weighted by Gasteiger charge is -2.26. The first-order valence-corrected chi connectivity index (χ1v) is 9.42. The van der Waals surface area contributed by atoms with Crippen molar-refractivity contribution in [2.45, 2.75) is 12.2 Å². The molecule has 1 heterocycles. The fourth-order valence-corrected chi connectivity index (χ4v) is 3.90. The summed E-state index contributed by atoms with van der Waals surface area (Å²) in [6, 6.07) is 10.8. The highest BCUT2D eigenvalue weighted by Gasteiger charge is 2.42. The molecule has 0 aromatic heterocycles. The fourth-order valence-electron chi connectivity index (χ4n) is 3.90. The molecule has 1 aliphatic heterocycles. The predicted octanol–water partition coefficient (Wildman–Crippen LogP) is 2.75. The molecular weight excluding hydrogens is 376 g/mol. The van der Waals surface area contributed by atoms with Crippen molar-refractivity contribution in [1.29, 1.82) is 0 Å². The van der Waals surface area contributed by atoms with Crippen molar-refractivity contribution in [3.05, 3.63) is 47.5 Å². The zero-order chi connectivity index (χ0) is 21.0. The molecule has 7 nitrogen and oxygen atoms in total. The number of rotatable bonds is 8. The molecule has 0 spiro atoms. The molecule has 0 bridgehead atoms. The molecule has 0 unspecified atom stereocenters. The maximum absolute atomic E-state index is 11.0. The maximum Gasteiger partial charge on any atom is 0.161 e. The van der Waals surface area contributed by atoms with Gasteiger partial charge in [0.15, 0.2) is 23.0 Å². The standard InChI is InChI=1S/C22H28O7/c1-25-17-7-5-13(9-19(17)27-3)21(24)16-12-29-22(15(16)11-23)14-6-8-18(26-2)20(10-14)28-4/h5-10,15-16,21-24H,11-12H2,1-4H3/t15-,16+,21+,22+/m0/s1. The molecule has 2 N–H and O–H groups in total. The van der Waals surface area contributed by atoms with Gasteiger partial charge in [0.25, 0.3) is 0 Å². The summed E-state index contributed by atoms with van der Waals surface area (Å²) in [5.74, 6) is 1.78. The Morgan fingerprint density at radius 1 is 0.897 bits per heavy atom. The van der Waals surface area contributed by atoms with E-state index in [1.807, 2.05) is 18.2 Å². The molecule has 0 amide bonds. The van der Waals surface area contributed by atoms with Gasteiger partial charge in [0, 0.05) is 18.4 Å². The Morgan fingerprint density at radius 2 is 1.48 bits per heavy atom. The van der Waals surface area contributed by atoms with Crippen molar-refractivity contribution in [1.82, 2.24) is 0 Å². The lowest BCUT2D eigenvalue weighted by atomic mass is 9.82. The largest absolute Gasteiger partial charge is 0.493 e. The second-order valence-electron chi connectivity index (χ2n) is 6.94. The summed E-state index contributed by atoms with van der Waals surface area (Å²) in [6.45, 7) is 0.202. The third-order valence-corrected chi connectivity index (χ3v) is 5.51. The molecule has 2 aromatic rings. The van der Waals surface area contributed by atoms with E-state index in [0.29, 0.717) is 35.2 Å². The van der Waals surface area contributed by atoms with Crippen LogP contribution in [0.5, 0.6) is 23.0 Å². The Kier molecular flexibility index (Phi) is 6.84. The molecule has 1 aliphatic rings. The highest BCUT2D eigenvalue weighted by atomic mass is 16.5. The minimum Gasteiger partial charge on any atom is -0.493 e. The quantitative estimate of drug-likeness (QED) is 0.700. The van der Waals surface area contributed by atoms with Crippen molar-refractivity contribution >= 4 is 0 Å². The van der Waals surface area contributed by atoms with Crippen LogP contribution in [0, 0.1) is 11.8 Å². The van der Waals surface area contributed by atoms with Crippen LogP contribution in [-0.4, -0.2) is 51.9 Å². The van der Waals surface area contributed by atoms with E-state index in [9.17, 15) is 10.2 Å². The SMILES string of the molecule is COc1ccc([C@@H](O)[C@@H]2CO[C@H](c3ccc(OC)c(OC)c3)[C@H]2CO)cc1OC. The zero-order valence-corrected chi connectivity index (χ0v) is 17.1. The van der Waals surface area contributed by atoms with Gasteiger partial charge in [-0.25, -0.2) is 0 Å². The first-order valence-electron chi connectivity index (χ1n) is 9.42. The minimum absolute atomic E-state index is 0.117. The molecule has 158 valence electrons. The average molecular weight is 404 g/mol. The van der Waals surface area contributed by atoms with Gasteiger partial charge in [-0.15, -0.1) is 0 Å². The van der Waals surface area contributed by atoms with E-state index < -0.39 is 6.10 Å². The van der Waals surface area contributed by atoms with Gasteiger partial charge >= 0.3 is 0 Å². The van der Waals surface area contributed by atoms with Crippen LogP contribution in [0.1, 0.15) is 23.3 Å². The van der Waals surface area contributed by atoms with Gasteiger partial charge in [0.05, 0.1) is 47.3 Å². The van der Waals surface area contributed by atoms with Gasteiger partial charge in [0.1, 0.15) is 0 Å². The first kappa shape index (κ1) is 21.2. The van der Waals surface area contributed by atoms with Gasteiger partial charge < -0.3 is 33.9 Å². The van der Waals surface area contributed by atoms with Crippen molar-refractivity contribution in [3.63, 3.8) is 0 Å². The monoisotopic (exact) mass is 404 g/mol. The molecule has 29 heavy (non-hydrogen) atoms. The molecule has 0 saturated carbocycles. The third kappa shape index (κ3) is 4.12. The average Bonchev–Trinajstić information content (AvgIpc) is 3.21. The Bertz CT molecular complexity index is 823. The number of ether oxygens (including phenoxy) is 5. The minimum atomic E-state index is -0.822. The Labute approximate surface area is 170 Å². The Morgan fingerprint density at radius 3 is 2.07 bits per heavy atom. The van der Waals surface area contributed by atoms with Gasteiger partial charge in [-0.3, -0.25) is 0 Å². The van der Waals surface area contributed by atoms with Crippen LogP contribution in [0.15, 0.2) is 36.4 Å². The van der Waals surface area contributed by atoms with Crippen LogP contribution in [0.2, 0.25) is 0 Å². The zero-order valence-electron chi connectivity index (χ0n) is 17.1. The molecular formula is C22H28O7. The summed E-state index contributed by atoms with van der Waals surface area (Å²) in [7, 11) is 6.27. The summed E-state index contributed by atoms with van der Waals surface area (Å²) >= 11 is 0. The smallest absolute Gasteiger partial charge is 0.161 e. The Balaban J connectivity index is 1.85. The molecule has 2 aromatic carbocycles. The van der Waals surface area contributed by atoms with E-state index in [2.05, 4.69) is 0 Å². The van der Waals surface area contributed by atoms with Crippen LogP contribution in [0.3, 0.4) is 0 Å². The van der Waals surface area contributed by atoms with Crippen LogP contribution >= 0.6 is 0 Å². The number of methoxy groups -OCH3 is 4. The summed E-state index contributed by atoms with van der Waals surface area (Å²) in [5, 5.41) is 21.1. The van der Waals surface area contributed by atoms with E-state index in [1.165, 1.54) is 0 Å². The molecule has 1 fully saturated rings. The van der Waals surface area contributed by atoms with Gasteiger partial charge in [-0.05, 0) is 35.4 Å².